The molecule has 1 aliphatic rings. The smallest absolute Gasteiger partial charge is 0.241 e. The van der Waals surface area contributed by atoms with E-state index >= 15 is 0 Å². The van der Waals surface area contributed by atoms with Gasteiger partial charge in [-0.3, -0.25) is 14.7 Å². The van der Waals surface area contributed by atoms with E-state index in [1.165, 1.54) is 0 Å². The summed E-state index contributed by atoms with van der Waals surface area (Å²) in [4.78, 5) is 21.0. The summed E-state index contributed by atoms with van der Waals surface area (Å²) in [6.45, 7) is 6.42. The van der Waals surface area contributed by atoms with E-state index in [9.17, 15) is 4.79 Å². The SMILES string of the molecule is COc1c(C)cnc(CN2CCN(c3cccc(Cl)c3)C(=O)C2)c1C. The van der Waals surface area contributed by atoms with Gasteiger partial charge in [0, 0.05) is 47.7 Å². The van der Waals surface area contributed by atoms with Crippen LogP contribution in [0.1, 0.15) is 16.8 Å². The summed E-state index contributed by atoms with van der Waals surface area (Å²) < 4.78 is 5.47. The minimum atomic E-state index is 0.0743. The fraction of sp³-hybridized carbons (Fsp3) is 0.368. The van der Waals surface area contributed by atoms with Crippen molar-refractivity contribution in [2.24, 2.45) is 0 Å². The number of halogens is 1. The molecule has 1 aliphatic heterocycles. The van der Waals surface area contributed by atoms with Gasteiger partial charge < -0.3 is 9.64 Å². The molecule has 1 saturated heterocycles. The van der Waals surface area contributed by atoms with E-state index in [0.29, 0.717) is 24.7 Å². The highest BCUT2D eigenvalue weighted by Crippen LogP contribution is 2.26. The standard InChI is InChI=1S/C19H22ClN3O2/c1-13-10-21-17(14(2)19(13)25-3)11-22-7-8-23(18(24)12-22)16-6-4-5-15(20)9-16/h4-6,9-10H,7-8,11-12H2,1-3H3. The number of ether oxygens (including phenoxy) is 1. The lowest BCUT2D eigenvalue weighted by Crippen LogP contribution is -2.50. The highest BCUT2D eigenvalue weighted by Gasteiger charge is 2.26. The minimum Gasteiger partial charge on any atom is -0.496 e. The van der Waals surface area contributed by atoms with Crippen LogP contribution in [0.4, 0.5) is 5.69 Å². The van der Waals surface area contributed by atoms with Crippen molar-refractivity contribution in [3.63, 3.8) is 0 Å². The van der Waals surface area contributed by atoms with Gasteiger partial charge in [-0.2, -0.15) is 0 Å². The summed E-state index contributed by atoms with van der Waals surface area (Å²) in [5, 5.41) is 0.638. The maximum Gasteiger partial charge on any atom is 0.241 e. The number of hydrogen-bond acceptors (Lipinski definition) is 4. The first kappa shape index (κ1) is 17.7. The molecule has 25 heavy (non-hydrogen) atoms. The quantitative estimate of drug-likeness (QED) is 0.841. The average molecular weight is 360 g/mol. The van der Waals surface area contributed by atoms with Crippen molar-refractivity contribution < 1.29 is 9.53 Å². The zero-order valence-electron chi connectivity index (χ0n) is 14.8. The molecule has 0 bridgehead atoms. The predicted octanol–water partition coefficient (Wildman–Crippen LogP) is 3.21. The van der Waals surface area contributed by atoms with Gasteiger partial charge in [0.05, 0.1) is 19.3 Å². The number of nitrogens with zero attached hydrogens (tertiary/aromatic N) is 3. The Morgan fingerprint density at radius 1 is 1.28 bits per heavy atom. The van der Waals surface area contributed by atoms with Crippen LogP contribution >= 0.6 is 11.6 Å². The van der Waals surface area contributed by atoms with Gasteiger partial charge in [-0.05, 0) is 32.0 Å². The molecule has 1 fully saturated rings. The Kier molecular flexibility index (Phi) is 5.25. The molecule has 2 aromatic rings. The van der Waals surface area contributed by atoms with E-state index in [-0.39, 0.29) is 5.91 Å². The van der Waals surface area contributed by atoms with Crippen LogP contribution < -0.4 is 9.64 Å². The molecular weight excluding hydrogens is 338 g/mol. The highest BCUT2D eigenvalue weighted by molar-refractivity contribution is 6.30. The summed E-state index contributed by atoms with van der Waals surface area (Å²) in [6.07, 6.45) is 1.82. The Morgan fingerprint density at radius 3 is 2.76 bits per heavy atom. The number of anilines is 1. The number of benzene rings is 1. The molecule has 0 saturated carbocycles. The van der Waals surface area contributed by atoms with Crippen LogP contribution in [0.15, 0.2) is 30.5 Å². The maximum atomic E-state index is 12.6. The number of piperazine rings is 1. The number of pyridine rings is 1. The molecule has 2 heterocycles. The fourth-order valence-corrected chi connectivity index (χ4v) is 3.40. The number of aryl methyl sites for hydroxylation is 1. The molecule has 0 unspecified atom stereocenters. The second-order valence-corrected chi connectivity index (χ2v) is 6.72. The Bertz CT molecular complexity index is 794. The van der Waals surface area contributed by atoms with Crippen LogP contribution in [0.25, 0.3) is 0 Å². The molecule has 1 amide bonds. The number of aromatic nitrogens is 1. The number of rotatable bonds is 4. The second-order valence-electron chi connectivity index (χ2n) is 6.28. The van der Waals surface area contributed by atoms with Gasteiger partial charge in [-0.1, -0.05) is 17.7 Å². The monoisotopic (exact) mass is 359 g/mol. The molecule has 0 atom stereocenters. The third-order valence-corrected chi connectivity index (χ3v) is 4.78. The number of hydrogen-bond donors (Lipinski definition) is 0. The van der Waals surface area contributed by atoms with Gasteiger partial charge in [-0.15, -0.1) is 0 Å². The third-order valence-electron chi connectivity index (χ3n) is 4.54. The number of carbonyl (C=O) groups excluding carboxylic acids is 1. The van der Waals surface area contributed by atoms with Crippen molar-refractivity contribution >= 4 is 23.2 Å². The fourth-order valence-electron chi connectivity index (χ4n) is 3.22. The van der Waals surface area contributed by atoms with E-state index in [1.807, 2.05) is 44.3 Å². The van der Waals surface area contributed by atoms with Crippen molar-refractivity contribution in [3.8, 4) is 5.75 Å². The highest BCUT2D eigenvalue weighted by atomic mass is 35.5. The van der Waals surface area contributed by atoms with Crippen LogP contribution in [0.3, 0.4) is 0 Å². The van der Waals surface area contributed by atoms with Crippen molar-refractivity contribution in [2.45, 2.75) is 20.4 Å². The summed E-state index contributed by atoms with van der Waals surface area (Å²) in [7, 11) is 1.67. The first-order valence-electron chi connectivity index (χ1n) is 8.27. The van der Waals surface area contributed by atoms with Crippen LogP contribution in [-0.2, 0) is 11.3 Å². The van der Waals surface area contributed by atoms with Crippen molar-refractivity contribution in [1.29, 1.82) is 0 Å². The molecule has 1 aromatic carbocycles. The second kappa shape index (κ2) is 7.42. The summed E-state index contributed by atoms with van der Waals surface area (Å²) in [5.41, 5.74) is 3.85. The molecule has 6 heteroatoms. The molecule has 0 N–H and O–H groups in total. The summed E-state index contributed by atoms with van der Waals surface area (Å²) in [5.74, 6) is 0.944. The number of amides is 1. The van der Waals surface area contributed by atoms with Gasteiger partial charge in [0.15, 0.2) is 0 Å². The first-order chi connectivity index (χ1) is 12.0. The van der Waals surface area contributed by atoms with Gasteiger partial charge in [0.1, 0.15) is 5.75 Å². The lowest BCUT2D eigenvalue weighted by molar-refractivity contribution is -0.121. The molecule has 0 radical (unpaired) electrons. The average Bonchev–Trinajstić information content (AvgIpc) is 2.58. The molecule has 3 rings (SSSR count). The van der Waals surface area contributed by atoms with Crippen LogP contribution in [-0.4, -0.2) is 42.5 Å². The van der Waals surface area contributed by atoms with Gasteiger partial charge in [-0.25, -0.2) is 0 Å². The van der Waals surface area contributed by atoms with Crippen molar-refractivity contribution in [2.75, 3.05) is 31.6 Å². The minimum absolute atomic E-state index is 0.0743. The van der Waals surface area contributed by atoms with E-state index < -0.39 is 0 Å². The molecular formula is C19H22ClN3O2. The van der Waals surface area contributed by atoms with Crippen molar-refractivity contribution in [3.05, 3.63) is 52.3 Å². The number of carbonyl (C=O) groups is 1. The van der Waals surface area contributed by atoms with Crippen LogP contribution in [0, 0.1) is 13.8 Å². The van der Waals surface area contributed by atoms with E-state index in [4.69, 9.17) is 16.3 Å². The Balaban J connectivity index is 1.71. The molecule has 5 nitrogen and oxygen atoms in total. The van der Waals surface area contributed by atoms with E-state index in [0.717, 1.165) is 34.8 Å². The topological polar surface area (TPSA) is 45.7 Å². The lowest BCUT2D eigenvalue weighted by atomic mass is 10.1. The Labute approximate surface area is 153 Å². The third kappa shape index (κ3) is 3.78. The normalized spacial score (nSPS) is 15.5. The molecule has 0 aliphatic carbocycles. The van der Waals surface area contributed by atoms with Crippen LogP contribution in [0.5, 0.6) is 5.75 Å². The lowest BCUT2D eigenvalue weighted by Gasteiger charge is -2.34. The van der Waals surface area contributed by atoms with Gasteiger partial charge >= 0.3 is 0 Å². The zero-order valence-corrected chi connectivity index (χ0v) is 15.5. The van der Waals surface area contributed by atoms with E-state index in [2.05, 4.69) is 9.88 Å². The first-order valence-corrected chi connectivity index (χ1v) is 8.64. The molecule has 1 aromatic heterocycles. The Hall–Kier alpha value is -2.11. The van der Waals surface area contributed by atoms with Crippen molar-refractivity contribution in [1.82, 2.24) is 9.88 Å². The van der Waals surface area contributed by atoms with Gasteiger partial charge in [0.25, 0.3) is 0 Å². The zero-order chi connectivity index (χ0) is 18.0. The van der Waals surface area contributed by atoms with E-state index in [1.54, 1.807) is 12.0 Å². The largest absolute Gasteiger partial charge is 0.496 e. The molecule has 132 valence electrons. The number of methoxy groups -OCH3 is 1. The molecule has 0 spiro atoms. The summed E-state index contributed by atoms with van der Waals surface area (Å²) in [6, 6.07) is 7.41. The predicted molar refractivity (Wildman–Crippen MR) is 99.3 cm³/mol. The summed E-state index contributed by atoms with van der Waals surface area (Å²) >= 11 is 6.04. The maximum absolute atomic E-state index is 12.6. The van der Waals surface area contributed by atoms with Crippen LogP contribution in [0.2, 0.25) is 5.02 Å². The Morgan fingerprint density at radius 2 is 2.08 bits per heavy atom. The van der Waals surface area contributed by atoms with Gasteiger partial charge in [0.2, 0.25) is 5.91 Å².